The maximum Gasteiger partial charge on any atom is 0.337 e. The summed E-state index contributed by atoms with van der Waals surface area (Å²) in [5.41, 5.74) is 4.76. The molecule has 2 aliphatic rings. The molecule has 6 heteroatoms. The van der Waals surface area contributed by atoms with Gasteiger partial charge in [0.15, 0.2) is 6.10 Å². The highest BCUT2D eigenvalue weighted by Gasteiger charge is 2.39. The number of carboxylic acid groups (broad SMARTS) is 1. The van der Waals surface area contributed by atoms with Crippen molar-refractivity contribution in [2.45, 2.75) is 98.1 Å². The average Bonchev–Trinajstić information content (AvgIpc) is 2.61. The molecule has 1 saturated carbocycles. The van der Waals surface area contributed by atoms with Crippen LogP contribution < -0.4 is 5.19 Å². The van der Waals surface area contributed by atoms with Crippen molar-refractivity contribution in [3.05, 3.63) is 27.8 Å². The number of amides is 1. The quantitative estimate of drug-likeness (QED) is 0.711. The molecule has 1 aromatic carbocycles. The van der Waals surface area contributed by atoms with Crippen molar-refractivity contribution in [3.8, 4) is 0 Å². The second kappa shape index (κ2) is 7.79. The van der Waals surface area contributed by atoms with Gasteiger partial charge in [0.2, 0.25) is 5.91 Å². The van der Waals surface area contributed by atoms with E-state index in [9.17, 15) is 19.8 Å². The van der Waals surface area contributed by atoms with E-state index in [0.29, 0.717) is 18.5 Å². The topological polar surface area (TPSA) is 77.8 Å². The van der Waals surface area contributed by atoms with E-state index in [4.69, 9.17) is 0 Å². The maximum absolute atomic E-state index is 13.2. The molecule has 1 fully saturated rings. The average molecular weight is 432 g/mol. The summed E-state index contributed by atoms with van der Waals surface area (Å²) >= 11 is 0. The molecule has 0 aromatic heterocycles. The van der Waals surface area contributed by atoms with Crippen LogP contribution in [0.15, 0.2) is 0 Å². The standard InChI is InChI=1S/C24H37NO4Si/c1-14-17-11-19(26)25(16-9-8-10-24(3,4)12-16)13-18(17)15(2)22(30(5,6)7)20(14)21(27)23(28)29/h16,21,27H,8-13H2,1-7H3,(H,28,29)/t16?,21-/m0/s1. The Morgan fingerprint density at radius 3 is 2.33 bits per heavy atom. The third-order valence-corrected chi connectivity index (χ3v) is 9.32. The second-order valence-corrected chi connectivity index (χ2v) is 16.1. The number of aliphatic hydroxyl groups excluding tert-OH is 1. The van der Waals surface area contributed by atoms with Crippen molar-refractivity contribution in [1.82, 2.24) is 4.90 Å². The molecule has 0 spiro atoms. The van der Waals surface area contributed by atoms with Gasteiger partial charge in [0.05, 0.1) is 14.5 Å². The van der Waals surface area contributed by atoms with Crippen LogP contribution >= 0.6 is 0 Å². The molecule has 30 heavy (non-hydrogen) atoms. The Morgan fingerprint density at radius 2 is 1.80 bits per heavy atom. The van der Waals surface area contributed by atoms with Crippen molar-refractivity contribution < 1.29 is 19.8 Å². The Balaban J connectivity index is 2.13. The van der Waals surface area contributed by atoms with Crippen molar-refractivity contribution in [3.63, 3.8) is 0 Å². The monoisotopic (exact) mass is 431 g/mol. The molecule has 0 radical (unpaired) electrons. The first-order valence-electron chi connectivity index (χ1n) is 11.1. The van der Waals surface area contributed by atoms with E-state index in [1.807, 2.05) is 6.92 Å². The molecule has 0 saturated heterocycles. The van der Waals surface area contributed by atoms with Crippen LogP contribution in [0.25, 0.3) is 0 Å². The van der Waals surface area contributed by atoms with E-state index in [0.717, 1.165) is 41.1 Å². The molecule has 3 rings (SSSR count). The lowest BCUT2D eigenvalue weighted by atomic mass is 9.74. The fourth-order valence-corrected chi connectivity index (χ4v) is 8.22. The van der Waals surface area contributed by atoms with Gasteiger partial charge >= 0.3 is 5.97 Å². The zero-order valence-corrected chi connectivity index (χ0v) is 20.6. The number of carbonyl (C=O) groups excluding carboxylic acids is 1. The van der Waals surface area contributed by atoms with Gasteiger partial charge in [0, 0.05) is 12.6 Å². The number of carbonyl (C=O) groups is 2. The number of aliphatic hydroxyl groups is 1. The molecule has 1 amide bonds. The summed E-state index contributed by atoms with van der Waals surface area (Å²) in [6, 6.07) is 0.272. The SMILES string of the molecule is Cc1c2c(c(C)c([Si](C)(C)C)c1[C@H](O)C(=O)O)CN(C1CCCC(C)(C)C1)C(=O)C2. The molecule has 166 valence electrons. The zero-order chi connectivity index (χ0) is 22.6. The number of carboxylic acids is 1. The molecule has 1 aliphatic heterocycles. The Bertz CT molecular complexity index is 884. The number of benzene rings is 1. The molecule has 2 N–H and O–H groups in total. The van der Waals surface area contributed by atoms with E-state index < -0.39 is 20.1 Å². The summed E-state index contributed by atoms with van der Waals surface area (Å²) in [4.78, 5) is 26.9. The summed E-state index contributed by atoms with van der Waals surface area (Å²) < 4.78 is 0. The fraction of sp³-hybridized carbons (Fsp3) is 0.667. The van der Waals surface area contributed by atoms with Crippen LogP contribution in [0.5, 0.6) is 0 Å². The van der Waals surface area contributed by atoms with E-state index in [2.05, 4.69) is 45.3 Å². The zero-order valence-electron chi connectivity index (χ0n) is 19.6. The molecule has 1 heterocycles. The minimum atomic E-state index is -1.95. The van der Waals surface area contributed by atoms with Gasteiger partial charge < -0.3 is 15.1 Å². The van der Waals surface area contributed by atoms with Crippen LogP contribution in [0.3, 0.4) is 0 Å². The van der Waals surface area contributed by atoms with Crippen LogP contribution in [-0.4, -0.2) is 41.1 Å². The molecule has 1 unspecified atom stereocenters. The summed E-state index contributed by atoms with van der Waals surface area (Å²) in [5.74, 6) is -1.10. The Labute approximate surface area is 181 Å². The van der Waals surface area contributed by atoms with Gasteiger partial charge in [-0.3, -0.25) is 4.79 Å². The van der Waals surface area contributed by atoms with Crippen LogP contribution in [-0.2, 0) is 22.6 Å². The summed E-state index contributed by atoms with van der Waals surface area (Å²) in [5, 5.41) is 21.1. The van der Waals surface area contributed by atoms with E-state index in [-0.39, 0.29) is 17.4 Å². The maximum atomic E-state index is 13.2. The minimum Gasteiger partial charge on any atom is -0.479 e. The number of fused-ring (bicyclic) bond motifs is 1. The third-order valence-electron chi connectivity index (χ3n) is 7.17. The number of hydrogen-bond acceptors (Lipinski definition) is 3. The van der Waals surface area contributed by atoms with Gasteiger partial charge in [-0.05, 0) is 66.3 Å². The Hall–Kier alpha value is -1.66. The van der Waals surface area contributed by atoms with E-state index in [1.54, 1.807) is 0 Å². The first kappa shape index (κ1) is 23.0. The Morgan fingerprint density at radius 1 is 1.17 bits per heavy atom. The van der Waals surface area contributed by atoms with Crippen molar-refractivity contribution in [2.24, 2.45) is 5.41 Å². The predicted molar refractivity (Wildman–Crippen MR) is 122 cm³/mol. The number of hydrogen-bond donors (Lipinski definition) is 2. The molecule has 1 aromatic rings. The van der Waals surface area contributed by atoms with Crippen molar-refractivity contribution >= 4 is 25.1 Å². The minimum absolute atomic E-state index is 0.129. The number of aliphatic carboxylic acids is 1. The van der Waals surface area contributed by atoms with Gasteiger partial charge in [-0.1, -0.05) is 45.1 Å². The largest absolute Gasteiger partial charge is 0.479 e. The normalized spacial score (nSPS) is 22.6. The first-order chi connectivity index (χ1) is 13.7. The van der Waals surface area contributed by atoms with E-state index >= 15 is 0 Å². The van der Waals surface area contributed by atoms with Gasteiger partial charge in [-0.25, -0.2) is 4.79 Å². The summed E-state index contributed by atoms with van der Waals surface area (Å²) in [7, 11) is -1.95. The molecule has 5 nitrogen and oxygen atoms in total. The highest BCUT2D eigenvalue weighted by molar-refractivity contribution is 6.89. The second-order valence-electron chi connectivity index (χ2n) is 11.1. The predicted octanol–water partition coefficient (Wildman–Crippen LogP) is 3.82. The highest BCUT2D eigenvalue weighted by atomic mass is 28.3. The fourth-order valence-electron chi connectivity index (χ4n) is 5.81. The highest BCUT2D eigenvalue weighted by Crippen LogP contribution is 2.40. The first-order valence-corrected chi connectivity index (χ1v) is 14.6. The van der Waals surface area contributed by atoms with Gasteiger partial charge in [-0.2, -0.15) is 0 Å². The summed E-state index contributed by atoms with van der Waals surface area (Å²) in [6.45, 7) is 15.7. The third kappa shape index (κ3) is 4.08. The summed E-state index contributed by atoms with van der Waals surface area (Å²) in [6.07, 6.45) is 3.18. The molecular formula is C24H37NO4Si. The van der Waals surface area contributed by atoms with Gasteiger partial charge in [-0.15, -0.1) is 0 Å². The lowest BCUT2D eigenvalue weighted by molar-refractivity contribution is -0.146. The van der Waals surface area contributed by atoms with E-state index in [1.165, 1.54) is 12.0 Å². The number of nitrogens with zero attached hydrogens (tertiary/aromatic N) is 1. The lowest BCUT2D eigenvalue weighted by Crippen LogP contribution is -2.50. The van der Waals surface area contributed by atoms with Gasteiger partial charge in [0.25, 0.3) is 0 Å². The van der Waals surface area contributed by atoms with Crippen molar-refractivity contribution in [2.75, 3.05) is 0 Å². The van der Waals surface area contributed by atoms with Crippen LogP contribution in [0.2, 0.25) is 19.6 Å². The molecule has 0 bridgehead atoms. The lowest BCUT2D eigenvalue weighted by Gasteiger charge is -2.44. The molecular weight excluding hydrogens is 394 g/mol. The van der Waals surface area contributed by atoms with Crippen LogP contribution in [0.4, 0.5) is 0 Å². The van der Waals surface area contributed by atoms with Gasteiger partial charge in [0.1, 0.15) is 0 Å². The molecule has 1 aliphatic carbocycles. The smallest absolute Gasteiger partial charge is 0.337 e. The van der Waals surface area contributed by atoms with Crippen LogP contribution in [0, 0.1) is 19.3 Å². The molecule has 2 atom stereocenters. The number of rotatable bonds is 4. The Kier molecular flexibility index (Phi) is 5.97. The van der Waals surface area contributed by atoms with Crippen molar-refractivity contribution in [1.29, 1.82) is 0 Å². The van der Waals surface area contributed by atoms with Crippen LogP contribution in [0.1, 0.15) is 73.5 Å².